The van der Waals surface area contributed by atoms with Crippen LogP contribution in [-0.2, 0) is 6.54 Å². The van der Waals surface area contributed by atoms with Crippen LogP contribution in [0, 0.1) is 0 Å². The minimum Gasteiger partial charge on any atom is -0.472 e. The first-order valence-electron chi connectivity index (χ1n) is 5.26. The first-order chi connectivity index (χ1) is 8.70. The second-order valence-corrected chi connectivity index (χ2v) is 4.08. The van der Waals surface area contributed by atoms with E-state index in [4.69, 9.17) is 21.9 Å². The quantitative estimate of drug-likeness (QED) is 0.584. The topological polar surface area (TPSA) is 80.3 Å². The Bertz CT molecular complexity index is 540. The average Bonchev–Trinajstić information content (AvgIpc) is 2.89. The molecule has 2 rings (SSSR count). The van der Waals surface area contributed by atoms with Crippen LogP contribution in [0.1, 0.15) is 15.9 Å². The van der Waals surface area contributed by atoms with Crippen LogP contribution in [-0.4, -0.2) is 5.91 Å². The fourth-order valence-corrected chi connectivity index (χ4v) is 1.67. The van der Waals surface area contributed by atoms with Crippen LogP contribution in [0.4, 0.5) is 5.69 Å². The summed E-state index contributed by atoms with van der Waals surface area (Å²) >= 11 is 5.85. The largest absolute Gasteiger partial charge is 0.472 e. The highest BCUT2D eigenvalue weighted by Crippen LogP contribution is 2.19. The summed E-state index contributed by atoms with van der Waals surface area (Å²) in [5.74, 6) is 5.08. The highest BCUT2D eigenvalue weighted by atomic mass is 35.5. The van der Waals surface area contributed by atoms with E-state index >= 15 is 0 Å². The minimum absolute atomic E-state index is 0.258. The van der Waals surface area contributed by atoms with Crippen molar-refractivity contribution in [2.45, 2.75) is 6.54 Å². The van der Waals surface area contributed by atoms with E-state index in [1.54, 1.807) is 36.8 Å². The van der Waals surface area contributed by atoms with E-state index < -0.39 is 0 Å². The van der Waals surface area contributed by atoms with Crippen LogP contribution >= 0.6 is 11.6 Å². The van der Waals surface area contributed by atoms with Gasteiger partial charge >= 0.3 is 0 Å². The number of benzene rings is 1. The summed E-state index contributed by atoms with van der Waals surface area (Å²) in [5.41, 5.74) is 4.26. The van der Waals surface area contributed by atoms with Gasteiger partial charge in [0.15, 0.2) is 0 Å². The van der Waals surface area contributed by atoms with E-state index in [-0.39, 0.29) is 5.91 Å². The van der Waals surface area contributed by atoms with Gasteiger partial charge in [0.05, 0.1) is 23.8 Å². The zero-order valence-electron chi connectivity index (χ0n) is 9.44. The van der Waals surface area contributed by atoms with Crippen LogP contribution in [0.3, 0.4) is 0 Å². The minimum atomic E-state index is -0.258. The molecule has 1 aromatic heterocycles. The molecule has 94 valence electrons. The van der Waals surface area contributed by atoms with Gasteiger partial charge in [-0.25, -0.2) is 0 Å². The van der Waals surface area contributed by atoms with Crippen LogP contribution in [0.25, 0.3) is 0 Å². The van der Waals surface area contributed by atoms with Gasteiger partial charge in [-0.15, -0.1) is 0 Å². The number of furan rings is 1. The summed E-state index contributed by atoms with van der Waals surface area (Å²) < 4.78 is 4.91. The van der Waals surface area contributed by atoms with Crippen molar-refractivity contribution in [2.75, 3.05) is 5.43 Å². The molecule has 1 heterocycles. The Balaban J connectivity index is 2.10. The van der Waals surface area contributed by atoms with Crippen molar-refractivity contribution >= 4 is 23.2 Å². The normalized spacial score (nSPS) is 10.1. The van der Waals surface area contributed by atoms with Crippen LogP contribution < -0.4 is 16.6 Å². The van der Waals surface area contributed by atoms with E-state index in [0.717, 1.165) is 5.56 Å². The molecule has 0 aliphatic carbocycles. The Hall–Kier alpha value is -1.98. The lowest BCUT2D eigenvalue weighted by molar-refractivity contribution is 0.0951. The molecule has 0 unspecified atom stereocenters. The Morgan fingerprint density at radius 3 is 2.89 bits per heavy atom. The molecule has 1 aromatic carbocycles. The van der Waals surface area contributed by atoms with Crippen molar-refractivity contribution in [3.05, 3.63) is 52.9 Å². The molecule has 0 atom stereocenters. The molecule has 0 fully saturated rings. The molecule has 18 heavy (non-hydrogen) atoms. The van der Waals surface area contributed by atoms with Crippen molar-refractivity contribution in [3.63, 3.8) is 0 Å². The molecule has 0 bridgehead atoms. The molecule has 4 N–H and O–H groups in total. The van der Waals surface area contributed by atoms with Gasteiger partial charge in [0.2, 0.25) is 0 Å². The standard InChI is InChI=1S/C12H12ClN3O2/c13-9-1-2-11(16-14)10(5-9)12(17)15-6-8-3-4-18-7-8/h1-5,7,16H,6,14H2,(H,15,17). The van der Waals surface area contributed by atoms with Gasteiger partial charge in [-0.3, -0.25) is 10.6 Å². The number of nitrogen functional groups attached to an aromatic ring is 1. The molecule has 0 aliphatic rings. The molecule has 0 saturated heterocycles. The lowest BCUT2D eigenvalue weighted by Crippen LogP contribution is -2.24. The van der Waals surface area contributed by atoms with Crippen LogP contribution in [0.5, 0.6) is 0 Å². The summed E-state index contributed by atoms with van der Waals surface area (Å²) in [6.45, 7) is 0.381. The smallest absolute Gasteiger partial charge is 0.253 e. The number of rotatable bonds is 4. The number of hydrogen-bond acceptors (Lipinski definition) is 4. The molecule has 0 aliphatic heterocycles. The van der Waals surface area contributed by atoms with Crippen molar-refractivity contribution < 1.29 is 9.21 Å². The highest BCUT2D eigenvalue weighted by Gasteiger charge is 2.11. The highest BCUT2D eigenvalue weighted by molar-refractivity contribution is 6.31. The summed E-state index contributed by atoms with van der Waals surface area (Å²) in [6.07, 6.45) is 3.12. The third-order valence-corrected chi connectivity index (χ3v) is 2.65. The Morgan fingerprint density at radius 1 is 1.39 bits per heavy atom. The molecule has 2 aromatic rings. The summed E-state index contributed by atoms with van der Waals surface area (Å²) in [5, 5.41) is 3.22. The van der Waals surface area contributed by atoms with Crippen molar-refractivity contribution in [3.8, 4) is 0 Å². The predicted molar refractivity (Wildman–Crippen MR) is 69.1 cm³/mol. The summed E-state index contributed by atoms with van der Waals surface area (Å²) in [7, 11) is 0. The maximum atomic E-state index is 12.0. The molecule has 0 spiro atoms. The number of amides is 1. The molecular weight excluding hydrogens is 254 g/mol. The van der Waals surface area contributed by atoms with Crippen molar-refractivity contribution in [1.82, 2.24) is 5.32 Å². The monoisotopic (exact) mass is 265 g/mol. The van der Waals surface area contributed by atoms with Gasteiger partial charge in [0.1, 0.15) is 0 Å². The maximum Gasteiger partial charge on any atom is 0.253 e. The third-order valence-electron chi connectivity index (χ3n) is 2.41. The van der Waals surface area contributed by atoms with Crippen molar-refractivity contribution in [2.24, 2.45) is 5.84 Å². The van der Waals surface area contributed by atoms with Crippen molar-refractivity contribution in [1.29, 1.82) is 0 Å². The van der Waals surface area contributed by atoms with E-state index in [0.29, 0.717) is 22.8 Å². The van der Waals surface area contributed by atoms with E-state index in [1.165, 1.54) is 0 Å². The summed E-state index contributed by atoms with van der Waals surface area (Å²) in [4.78, 5) is 12.0. The first-order valence-corrected chi connectivity index (χ1v) is 5.64. The van der Waals surface area contributed by atoms with Gasteiger partial charge in [-0.2, -0.15) is 0 Å². The predicted octanol–water partition coefficient (Wildman–Crippen LogP) is 2.15. The van der Waals surface area contributed by atoms with Crippen LogP contribution in [0.15, 0.2) is 41.2 Å². The number of hydrazine groups is 1. The fourth-order valence-electron chi connectivity index (χ4n) is 1.50. The van der Waals surface area contributed by atoms with Gasteiger partial charge in [-0.1, -0.05) is 11.6 Å². The second-order valence-electron chi connectivity index (χ2n) is 3.65. The number of halogens is 1. The number of nitrogens with one attached hydrogen (secondary N) is 2. The molecular formula is C12H12ClN3O2. The van der Waals surface area contributed by atoms with Crippen LogP contribution in [0.2, 0.25) is 5.02 Å². The Morgan fingerprint density at radius 2 is 2.22 bits per heavy atom. The lowest BCUT2D eigenvalue weighted by Gasteiger charge is -2.09. The van der Waals surface area contributed by atoms with Gasteiger partial charge in [0.25, 0.3) is 5.91 Å². The van der Waals surface area contributed by atoms with Gasteiger partial charge in [-0.05, 0) is 24.3 Å². The van der Waals surface area contributed by atoms with E-state index in [1.807, 2.05) is 0 Å². The molecule has 0 saturated carbocycles. The zero-order chi connectivity index (χ0) is 13.0. The molecule has 6 heteroatoms. The number of carbonyl (C=O) groups is 1. The third kappa shape index (κ3) is 2.82. The zero-order valence-corrected chi connectivity index (χ0v) is 10.2. The Labute approximate surface area is 109 Å². The SMILES string of the molecule is NNc1ccc(Cl)cc1C(=O)NCc1ccoc1. The van der Waals surface area contributed by atoms with Gasteiger partial charge in [0, 0.05) is 17.1 Å². The first kappa shape index (κ1) is 12.5. The lowest BCUT2D eigenvalue weighted by atomic mass is 10.1. The molecule has 0 radical (unpaired) electrons. The second kappa shape index (κ2) is 5.57. The number of carbonyl (C=O) groups excluding carboxylic acids is 1. The maximum absolute atomic E-state index is 12.0. The average molecular weight is 266 g/mol. The van der Waals surface area contributed by atoms with Gasteiger partial charge < -0.3 is 15.2 Å². The molecule has 5 nitrogen and oxygen atoms in total. The number of hydrogen-bond donors (Lipinski definition) is 3. The number of anilines is 1. The van der Waals surface area contributed by atoms with E-state index in [9.17, 15) is 4.79 Å². The fraction of sp³-hybridized carbons (Fsp3) is 0.0833. The number of nitrogens with two attached hydrogens (primary N) is 1. The molecule has 1 amide bonds. The summed E-state index contributed by atoms with van der Waals surface area (Å²) in [6, 6.07) is 6.64. The van der Waals surface area contributed by atoms with E-state index in [2.05, 4.69) is 10.7 Å². The Kier molecular flexibility index (Phi) is 3.86.